The van der Waals surface area contributed by atoms with Gasteiger partial charge in [0.15, 0.2) is 0 Å². The summed E-state index contributed by atoms with van der Waals surface area (Å²) in [6, 6.07) is 2.83. The van der Waals surface area contributed by atoms with Crippen molar-refractivity contribution < 1.29 is 26.7 Å². The summed E-state index contributed by atoms with van der Waals surface area (Å²) in [5.74, 6) is -0.639. The van der Waals surface area contributed by atoms with Crippen LogP contribution in [0.15, 0.2) is 18.2 Å². The van der Waals surface area contributed by atoms with Crippen LogP contribution in [0.3, 0.4) is 0 Å². The summed E-state index contributed by atoms with van der Waals surface area (Å²) in [5, 5.41) is 0.168. The Balaban J connectivity index is 3.04. The average molecular weight is 305 g/mol. The van der Waals surface area contributed by atoms with E-state index in [4.69, 9.17) is 0 Å². The average Bonchev–Trinajstić information content (AvgIpc) is 2.14. The highest BCUT2D eigenvalue weighted by Gasteiger charge is 2.31. The first-order valence-corrected chi connectivity index (χ1v) is 5.17. The van der Waals surface area contributed by atoms with Crippen LogP contribution < -0.4 is 4.74 Å². The molecule has 0 aliphatic heterocycles. The van der Waals surface area contributed by atoms with Crippen molar-refractivity contribution in [1.29, 1.82) is 0 Å². The standard InChI is InChI=1S/C9H6BrF5O/c10-4-5-1-6(8(11)12)3-7(2-5)16-9(13,14)15/h1-3,8H,4H2. The summed E-state index contributed by atoms with van der Waals surface area (Å²) in [4.78, 5) is 0. The molecule has 1 aromatic rings. The van der Waals surface area contributed by atoms with E-state index in [1.165, 1.54) is 0 Å². The molecule has 1 nitrogen and oxygen atoms in total. The number of hydrogen-bond acceptors (Lipinski definition) is 1. The first-order valence-electron chi connectivity index (χ1n) is 4.05. The summed E-state index contributed by atoms with van der Waals surface area (Å²) >= 11 is 2.97. The van der Waals surface area contributed by atoms with Crippen LogP contribution in [0.1, 0.15) is 17.6 Å². The van der Waals surface area contributed by atoms with Crippen LogP contribution in [0, 0.1) is 0 Å². The van der Waals surface area contributed by atoms with Crippen LogP contribution in [-0.2, 0) is 5.33 Å². The van der Waals surface area contributed by atoms with E-state index in [9.17, 15) is 22.0 Å². The molecule has 0 N–H and O–H groups in total. The van der Waals surface area contributed by atoms with Crippen LogP contribution in [0.4, 0.5) is 22.0 Å². The molecule has 0 saturated heterocycles. The first-order chi connectivity index (χ1) is 7.31. The number of ether oxygens (including phenoxy) is 1. The van der Waals surface area contributed by atoms with Crippen molar-refractivity contribution in [2.45, 2.75) is 18.1 Å². The monoisotopic (exact) mass is 304 g/mol. The Labute approximate surface area is 96.3 Å². The Bertz CT molecular complexity index is 363. The fourth-order valence-electron chi connectivity index (χ4n) is 1.08. The van der Waals surface area contributed by atoms with Gasteiger partial charge in [-0.1, -0.05) is 15.9 Å². The molecule has 1 rings (SSSR count). The molecule has 0 unspecified atom stereocenters. The Morgan fingerprint density at radius 3 is 2.25 bits per heavy atom. The molecule has 0 aromatic heterocycles. The smallest absolute Gasteiger partial charge is 0.406 e. The maximum atomic E-state index is 12.3. The van der Waals surface area contributed by atoms with Crippen LogP contribution >= 0.6 is 15.9 Å². The highest BCUT2D eigenvalue weighted by molar-refractivity contribution is 9.08. The number of halogens is 6. The van der Waals surface area contributed by atoms with Gasteiger partial charge in [0, 0.05) is 10.9 Å². The van der Waals surface area contributed by atoms with Crippen molar-refractivity contribution in [3.63, 3.8) is 0 Å². The Morgan fingerprint density at radius 2 is 1.81 bits per heavy atom. The largest absolute Gasteiger partial charge is 0.573 e. The van der Waals surface area contributed by atoms with Crippen molar-refractivity contribution in [1.82, 2.24) is 0 Å². The molecule has 0 aliphatic carbocycles. The molecular weight excluding hydrogens is 299 g/mol. The highest BCUT2D eigenvalue weighted by Crippen LogP contribution is 2.29. The molecule has 1 aromatic carbocycles. The van der Waals surface area contributed by atoms with Gasteiger partial charge in [0.05, 0.1) is 0 Å². The third-order valence-electron chi connectivity index (χ3n) is 1.63. The van der Waals surface area contributed by atoms with Crippen LogP contribution in [0.25, 0.3) is 0 Å². The van der Waals surface area contributed by atoms with E-state index in [0.29, 0.717) is 6.07 Å². The van der Waals surface area contributed by atoms with E-state index < -0.39 is 24.1 Å². The van der Waals surface area contributed by atoms with Gasteiger partial charge < -0.3 is 4.74 Å². The van der Waals surface area contributed by atoms with Crippen LogP contribution in [-0.4, -0.2) is 6.36 Å². The maximum absolute atomic E-state index is 12.3. The van der Waals surface area contributed by atoms with Crippen LogP contribution in [0.5, 0.6) is 5.75 Å². The number of hydrogen-bond donors (Lipinski definition) is 0. The SMILES string of the molecule is FC(F)c1cc(CBr)cc(OC(F)(F)F)c1. The fourth-order valence-corrected chi connectivity index (χ4v) is 1.41. The lowest BCUT2D eigenvalue weighted by Crippen LogP contribution is -2.17. The highest BCUT2D eigenvalue weighted by atomic mass is 79.9. The van der Waals surface area contributed by atoms with E-state index in [1.54, 1.807) is 0 Å². The predicted octanol–water partition coefficient (Wildman–Crippen LogP) is 4.42. The Kier molecular flexibility index (Phi) is 4.12. The number of benzene rings is 1. The lowest BCUT2D eigenvalue weighted by molar-refractivity contribution is -0.274. The number of rotatable bonds is 3. The lowest BCUT2D eigenvalue weighted by Gasteiger charge is -2.11. The summed E-state index contributed by atoms with van der Waals surface area (Å²) < 4.78 is 63.9. The van der Waals surface area contributed by atoms with Gasteiger partial charge in [0.25, 0.3) is 6.43 Å². The van der Waals surface area contributed by atoms with E-state index in [-0.39, 0.29) is 10.9 Å². The molecule has 0 fully saturated rings. The molecule has 16 heavy (non-hydrogen) atoms. The maximum Gasteiger partial charge on any atom is 0.573 e. The van der Waals surface area contributed by atoms with Gasteiger partial charge >= 0.3 is 6.36 Å². The third kappa shape index (κ3) is 3.96. The van der Waals surface area contributed by atoms with Gasteiger partial charge in [0.2, 0.25) is 0 Å². The summed E-state index contributed by atoms with van der Waals surface area (Å²) in [7, 11) is 0. The molecule has 7 heteroatoms. The minimum absolute atomic E-state index is 0.168. The van der Waals surface area contributed by atoms with Gasteiger partial charge in [-0.15, -0.1) is 13.2 Å². The number of alkyl halides is 6. The normalized spacial score (nSPS) is 11.9. The second-order valence-corrected chi connectivity index (χ2v) is 3.45. The topological polar surface area (TPSA) is 9.23 Å². The molecule has 90 valence electrons. The van der Waals surface area contributed by atoms with Crippen molar-refractivity contribution in [2.24, 2.45) is 0 Å². The van der Waals surface area contributed by atoms with Gasteiger partial charge in [-0.3, -0.25) is 0 Å². The summed E-state index contributed by atoms with van der Waals surface area (Å²) in [6.45, 7) is 0. The van der Waals surface area contributed by atoms with Crippen molar-refractivity contribution in [3.05, 3.63) is 29.3 Å². The minimum atomic E-state index is -4.88. The van der Waals surface area contributed by atoms with E-state index in [1.807, 2.05) is 0 Å². The molecular formula is C9H6BrF5O. The fraction of sp³-hybridized carbons (Fsp3) is 0.333. The zero-order valence-electron chi connectivity index (χ0n) is 7.69. The molecule has 0 radical (unpaired) electrons. The van der Waals surface area contributed by atoms with Gasteiger partial charge in [0.1, 0.15) is 5.75 Å². The van der Waals surface area contributed by atoms with E-state index >= 15 is 0 Å². The first kappa shape index (κ1) is 13.2. The minimum Gasteiger partial charge on any atom is -0.406 e. The molecule has 0 heterocycles. The predicted molar refractivity (Wildman–Crippen MR) is 50.7 cm³/mol. The second-order valence-electron chi connectivity index (χ2n) is 2.89. The van der Waals surface area contributed by atoms with Crippen molar-refractivity contribution >= 4 is 15.9 Å². The Hall–Kier alpha value is -0.850. The molecule has 0 saturated carbocycles. The summed E-state index contributed by atoms with van der Waals surface area (Å²) in [6.07, 6.45) is -7.72. The van der Waals surface area contributed by atoms with Gasteiger partial charge in [-0.2, -0.15) is 0 Å². The second kappa shape index (κ2) is 4.99. The van der Waals surface area contributed by atoms with Crippen LogP contribution in [0.2, 0.25) is 0 Å². The zero-order valence-corrected chi connectivity index (χ0v) is 9.28. The molecule has 0 spiro atoms. The van der Waals surface area contributed by atoms with Crippen molar-refractivity contribution in [3.8, 4) is 5.75 Å². The quantitative estimate of drug-likeness (QED) is 0.593. The molecule has 0 amide bonds. The third-order valence-corrected chi connectivity index (χ3v) is 2.28. The van der Waals surface area contributed by atoms with Gasteiger partial charge in [-0.05, 0) is 23.8 Å². The van der Waals surface area contributed by atoms with Gasteiger partial charge in [-0.25, -0.2) is 8.78 Å². The molecule has 0 atom stereocenters. The molecule has 0 bridgehead atoms. The Morgan fingerprint density at radius 1 is 1.19 bits per heavy atom. The van der Waals surface area contributed by atoms with E-state index in [2.05, 4.69) is 20.7 Å². The molecule has 0 aliphatic rings. The lowest BCUT2D eigenvalue weighted by atomic mass is 10.1. The van der Waals surface area contributed by atoms with Crippen molar-refractivity contribution in [2.75, 3.05) is 0 Å². The van der Waals surface area contributed by atoms with E-state index in [0.717, 1.165) is 12.1 Å². The zero-order chi connectivity index (χ0) is 12.3. The summed E-state index contributed by atoms with van der Waals surface area (Å²) in [5.41, 5.74) is -0.215.